The Morgan fingerprint density at radius 2 is 1.53 bits per heavy atom. The molecule has 1 radical (unpaired) electrons. The van der Waals surface area contributed by atoms with Crippen LogP contribution in [-0.4, -0.2) is 18.0 Å². The fourth-order valence-electron chi connectivity index (χ4n) is 6.92. The van der Waals surface area contributed by atoms with Crippen LogP contribution in [0.4, 0.5) is 0 Å². The van der Waals surface area contributed by atoms with Crippen molar-refractivity contribution in [1.82, 2.24) is 9.97 Å². The fourth-order valence-corrected chi connectivity index (χ4v) is 8.31. The molecule has 9 rings (SSSR count). The second-order valence-corrected chi connectivity index (χ2v) is 19.8. The summed E-state index contributed by atoms with van der Waals surface area (Å²) >= 11 is 0. The van der Waals surface area contributed by atoms with E-state index in [1.807, 2.05) is 50.2 Å². The van der Waals surface area contributed by atoms with E-state index in [4.69, 9.17) is 12.6 Å². The van der Waals surface area contributed by atoms with Gasteiger partial charge in [-0.15, -0.1) is 53.6 Å². The molecule has 0 saturated heterocycles. The van der Waals surface area contributed by atoms with Crippen LogP contribution in [0.2, 0.25) is 19.6 Å². The molecule has 0 unspecified atom stereocenters. The molecule has 3 nitrogen and oxygen atoms in total. The minimum Gasteiger partial charge on any atom is -0.500 e. The van der Waals surface area contributed by atoms with Gasteiger partial charge >= 0.3 is 0 Å². The first-order chi connectivity index (χ1) is 28.4. The summed E-state index contributed by atoms with van der Waals surface area (Å²) in [5.74, 6) is -0.700. The summed E-state index contributed by atoms with van der Waals surface area (Å²) in [5.41, 5.74) is 6.84. The first-order valence-electron chi connectivity index (χ1n) is 21.1. The summed E-state index contributed by atoms with van der Waals surface area (Å²) in [6.07, 6.45) is 1.87. The quantitative estimate of drug-likeness (QED) is 0.0948. The Labute approximate surface area is 347 Å². The molecule has 0 amide bonds. The molecular formula is C50H44IrN2OSi-2. The number of hydrogen-bond acceptors (Lipinski definition) is 3. The Kier molecular flexibility index (Phi) is 8.97. The van der Waals surface area contributed by atoms with Crippen LogP contribution in [0, 0.1) is 19.0 Å². The summed E-state index contributed by atoms with van der Waals surface area (Å²) in [7, 11) is -1.87. The van der Waals surface area contributed by atoms with Gasteiger partial charge in [0, 0.05) is 51.5 Å². The zero-order valence-electron chi connectivity index (χ0n) is 37.4. The first kappa shape index (κ1) is 31.1. The van der Waals surface area contributed by atoms with Gasteiger partial charge in [0.1, 0.15) is 5.58 Å². The van der Waals surface area contributed by atoms with Gasteiger partial charge in [-0.2, -0.15) is 0 Å². The van der Waals surface area contributed by atoms with Crippen LogP contribution in [0.25, 0.3) is 66.0 Å². The summed E-state index contributed by atoms with van der Waals surface area (Å²) in [5, 5.41) is 7.78. The summed E-state index contributed by atoms with van der Waals surface area (Å²) in [6.45, 7) is 8.10. The second kappa shape index (κ2) is 15.9. The molecule has 9 aromatic rings. The minimum atomic E-state index is -2.18. The zero-order valence-corrected chi connectivity index (χ0v) is 34.8. The summed E-state index contributed by atoms with van der Waals surface area (Å²) < 4.78 is 55.2. The molecule has 6 aromatic carbocycles. The monoisotopic (exact) mass is 915 g/mol. The first-order valence-corrected chi connectivity index (χ1v) is 21.6. The van der Waals surface area contributed by atoms with Crippen molar-refractivity contribution < 1.29 is 32.7 Å². The van der Waals surface area contributed by atoms with Gasteiger partial charge in [0.05, 0.1) is 13.7 Å². The van der Waals surface area contributed by atoms with Gasteiger partial charge in [-0.05, 0) is 56.6 Å². The molecular weight excluding hydrogens is 865 g/mol. The average Bonchev–Trinajstić information content (AvgIpc) is 3.62. The number of fused-ring (bicyclic) bond motifs is 7. The molecule has 0 aliphatic heterocycles. The fraction of sp³-hybridized carbons (Fsp3) is 0.160. The van der Waals surface area contributed by atoms with Gasteiger partial charge in [0.25, 0.3) is 0 Å². The van der Waals surface area contributed by atoms with Crippen molar-refractivity contribution in [3.8, 4) is 22.5 Å². The predicted octanol–water partition coefficient (Wildman–Crippen LogP) is 12.9. The largest absolute Gasteiger partial charge is 0.500 e. The van der Waals surface area contributed by atoms with Crippen LogP contribution >= 0.6 is 0 Å². The normalized spacial score (nSPS) is 13.8. The van der Waals surface area contributed by atoms with Crippen molar-refractivity contribution in [2.24, 2.45) is 0 Å². The number of aromatic nitrogens is 2. The van der Waals surface area contributed by atoms with Crippen molar-refractivity contribution in [3.63, 3.8) is 0 Å². The molecule has 0 aliphatic carbocycles. The summed E-state index contributed by atoms with van der Waals surface area (Å²) in [4.78, 5) is 9.15. The molecule has 0 atom stereocenters. The number of nitrogens with zero attached hydrogens (tertiary/aromatic N) is 2. The molecule has 3 heterocycles. The van der Waals surface area contributed by atoms with Crippen molar-refractivity contribution >= 4 is 56.7 Å². The third-order valence-electron chi connectivity index (χ3n) is 9.75. The van der Waals surface area contributed by atoms with Gasteiger partial charge in [-0.3, -0.25) is 0 Å². The molecule has 0 bridgehead atoms. The van der Waals surface area contributed by atoms with Crippen molar-refractivity contribution in [3.05, 3.63) is 174 Å². The van der Waals surface area contributed by atoms with Crippen molar-refractivity contribution in [2.75, 3.05) is 0 Å². The Bertz CT molecular complexity index is 3030. The number of aryl methyl sites for hydroxylation is 1. The maximum atomic E-state index is 8.88. The van der Waals surface area contributed by atoms with Gasteiger partial charge in [-0.1, -0.05) is 153 Å². The topological polar surface area (TPSA) is 38.9 Å². The molecule has 0 spiro atoms. The van der Waals surface area contributed by atoms with Crippen molar-refractivity contribution in [2.45, 2.75) is 52.6 Å². The van der Waals surface area contributed by atoms with Gasteiger partial charge in [-0.25, -0.2) is 0 Å². The maximum absolute atomic E-state index is 8.88. The minimum absolute atomic E-state index is 0. The molecule has 0 saturated carbocycles. The number of hydrogen-bond donors (Lipinski definition) is 0. The molecule has 5 heteroatoms. The van der Waals surface area contributed by atoms with Crippen LogP contribution in [0.3, 0.4) is 0 Å². The van der Waals surface area contributed by atoms with E-state index in [1.54, 1.807) is 42.7 Å². The van der Waals surface area contributed by atoms with E-state index in [0.717, 1.165) is 54.7 Å². The van der Waals surface area contributed by atoms with Gasteiger partial charge in [0.2, 0.25) is 0 Å². The van der Waals surface area contributed by atoms with Gasteiger partial charge in [0.15, 0.2) is 0 Å². The molecule has 0 fully saturated rings. The van der Waals surface area contributed by atoms with Crippen LogP contribution in [0.1, 0.15) is 50.2 Å². The molecule has 0 aliphatic rings. The molecule has 3 aromatic heterocycles. The summed E-state index contributed by atoms with van der Waals surface area (Å²) in [6, 6.07) is 46.8. The number of pyridine rings is 2. The Morgan fingerprint density at radius 1 is 0.764 bits per heavy atom. The average molecular weight is 915 g/mol. The van der Waals surface area contributed by atoms with E-state index in [2.05, 4.69) is 96.3 Å². The smallest absolute Gasteiger partial charge is 0.129 e. The Morgan fingerprint density at radius 3 is 2.29 bits per heavy atom. The van der Waals surface area contributed by atoms with E-state index in [0.29, 0.717) is 22.4 Å². The zero-order chi connectivity index (χ0) is 42.6. The maximum Gasteiger partial charge on any atom is 0.129 e. The SMILES string of the molecule is [2H]C(C)(C)c1ccnc(-c2[c-]ccc3c2oc2c3ccc3ccc4ccccc4c32)c1.[2H]C([2H])([2H])c1c[c-]c(-c2cc(C([2H])([2H])c3ccccc3)c([Si](C)(C)C)cn2)cc1.[Ir]. The molecule has 0 N–H and O–H groups in total. The van der Waals surface area contributed by atoms with Crippen LogP contribution < -0.4 is 5.19 Å². The van der Waals surface area contributed by atoms with Crippen LogP contribution in [0.15, 0.2) is 144 Å². The number of benzene rings is 6. The van der Waals surface area contributed by atoms with E-state index in [9.17, 15) is 0 Å². The Balaban J connectivity index is 0.000000182. The molecule has 55 heavy (non-hydrogen) atoms. The van der Waals surface area contributed by atoms with E-state index in [-0.39, 0.29) is 25.7 Å². The Hall–Kier alpha value is -5.19. The van der Waals surface area contributed by atoms with E-state index >= 15 is 0 Å². The second-order valence-electron chi connectivity index (χ2n) is 14.8. The van der Waals surface area contributed by atoms with Crippen LogP contribution in [-0.2, 0) is 26.5 Å². The standard InChI is InChI=1S/C28H20NO.C22H24NSi.Ir/c1-17(2)20-14-15-29-25(16-20)24-9-5-8-22-23-13-12-19-11-10-18-6-3-4-7-21(18)26(19)28(23)30-27(22)24;1-17-10-12-19(13-11-17)21-15-20(14-18-8-6-5-7-9-18)22(16-23-21)24(2,3)4;/h3-8,10-17H,1-2H3;5-12,15-16H,14H2,1-4H3;/q2*-1;/i17D;1D3,14D2;. The number of furan rings is 1. The van der Waals surface area contributed by atoms with Crippen molar-refractivity contribution in [1.29, 1.82) is 0 Å². The third kappa shape index (κ3) is 7.84. The van der Waals surface area contributed by atoms with Crippen LogP contribution in [0.5, 0.6) is 0 Å². The predicted molar refractivity (Wildman–Crippen MR) is 230 cm³/mol. The molecule has 275 valence electrons. The third-order valence-corrected chi connectivity index (χ3v) is 11.8. The number of rotatable bonds is 6. The van der Waals surface area contributed by atoms with Gasteiger partial charge < -0.3 is 14.4 Å². The van der Waals surface area contributed by atoms with E-state index in [1.165, 1.54) is 16.8 Å². The van der Waals surface area contributed by atoms with E-state index < -0.39 is 27.2 Å².